The maximum Gasteiger partial charge on any atom is 0.234 e. The van der Waals surface area contributed by atoms with Crippen molar-refractivity contribution in [2.45, 2.75) is 25.6 Å². The van der Waals surface area contributed by atoms with Gasteiger partial charge >= 0.3 is 0 Å². The molecule has 1 amide bonds. The molecule has 0 aliphatic heterocycles. The molecule has 1 aromatic heterocycles. The maximum absolute atomic E-state index is 12.1. The van der Waals surface area contributed by atoms with Crippen LogP contribution in [0, 0.1) is 13.8 Å². The third-order valence-corrected chi connectivity index (χ3v) is 4.48. The quantitative estimate of drug-likeness (QED) is 0.621. The Bertz CT molecular complexity index is 880. The molecule has 2 N–H and O–H groups in total. The lowest BCUT2D eigenvalue weighted by Crippen LogP contribution is -2.15. The highest BCUT2D eigenvalue weighted by Gasteiger charge is 2.09. The summed E-state index contributed by atoms with van der Waals surface area (Å²) in [5.41, 5.74) is 2.98. The molecule has 0 aliphatic carbocycles. The highest BCUT2D eigenvalue weighted by molar-refractivity contribution is 7.99. The van der Waals surface area contributed by atoms with Crippen LogP contribution in [0.4, 0.5) is 5.69 Å². The van der Waals surface area contributed by atoms with E-state index in [0.29, 0.717) is 17.6 Å². The van der Waals surface area contributed by atoms with Crippen LogP contribution in [0.5, 0.6) is 5.75 Å². The predicted molar refractivity (Wildman–Crippen MR) is 102 cm³/mol. The van der Waals surface area contributed by atoms with Crippen molar-refractivity contribution in [3.63, 3.8) is 0 Å². The molecule has 0 fully saturated rings. The first-order valence-electron chi connectivity index (χ1n) is 8.19. The number of benzene rings is 2. The number of rotatable bonds is 7. The van der Waals surface area contributed by atoms with Gasteiger partial charge in [-0.15, -0.1) is 5.10 Å². The number of nitrogens with zero attached hydrogens (tertiary/aromatic N) is 2. The summed E-state index contributed by atoms with van der Waals surface area (Å²) in [6.45, 7) is 4.26. The third kappa shape index (κ3) is 5.10. The number of carbonyl (C=O) groups is 1. The van der Waals surface area contributed by atoms with Crippen molar-refractivity contribution in [1.29, 1.82) is 0 Å². The molecule has 3 rings (SSSR count). The molecule has 0 atom stereocenters. The van der Waals surface area contributed by atoms with Crippen LogP contribution in [0.1, 0.15) is 17.0 Å². The number of carbonyl (C=O) groups excluding carboxylic acids is 1. The number of hydrogen-bond acceptors (Lipinski definition) is 5. The fraction of sp³-hybridized carbons (Fsp3) is 0.211. The van der Waals surface area contributed by atoms with E-state index in [1.807, 2.05) is 62.4 Å². The molecule has 0 aliphatic rings. The van der Waals surface area contributed by atoms with Gasteiger partial charge in [-0.05, 0) is 43.2 Å². The number of ether oxygens (including phenoxy) is 1. The normalized spacial score (nSPS) is 10.5. The van der Waals surface area contributed by atoms with Crippen LogP contribution in [0.2, 0.25) is 0 Å². The lowest BCUT2D eigenvalue weighted by Gasteiger charge is -2.08. The summed E-state index contributed by atoms with van der Waals surface area (Å²) >= 11 is 1.28. The molecule has 0 radical (unpaired) electrons. The van der Waals surface area contributed by atoms with Crippen molar-refractivity contribution >= 4 is 23.4 Å². The second kappa shape index (κ2) is 8.53. The average molecular weight is 368 g/mol. The second-order valence-corrected chi connectivity index (χ2v) is 6.76. The van der Waals surface area contributed by atoms with E-state index in [9.17, 15) is 4.79 Å². The zero-order valence-electron chi connectivity index (χ0n) is 14.7. The Labute approximate surface area is 156 Å². The predicted octanol–water partition coefficient (Wildman–Crippen LogP) is 3.73. The number of H-pyrrole nitrogens is 1. The van der Waals surface area contributed by atoms with E-state index >= 15 is 0 Å². The number of thioether (sulfide) groups is 1. The first-order valence-corrected chi connectivity index (χ1v) is 9.18. The van der Waals surface area contributed by atoms with Crippen molar-refractivity contribution in [2.75, 3.05) is 11.1 Å². The smallest absolute Gasteiger partial charge is 0.234 e. The summed E-state index contributed by atoms with van der Waals surface area (Å²) in [6.07, 6.45) is 0. The lowest BCUT2D eigenvalue weighted by molar-refractivity contribution is -0.113. The molecule has 0 spiro atoms. The summed E-state index contributed by atoms with van der Waals surface area (Å²) in [5, 5.41) is 10.4. The summed E-state index contributed by atoms with van der Waals surface area (Å²) in [5.74, 6) is 1.54. The highest BCUT2D eigenvalue weighted by atomic mass is 32.2. The van der Waals surface area contributed by atoms with E-state index in [1.165, 1.54) is 11.8 Å². The second-order valence-electron chi connectivity index (χ2n) is 5.82. The zero-order chi connectivity index (χ0) is 18.4. The summed E-state index contributed by atoms with van der Waals surface area (Å²) in [7, 11) is 0. The van der Waals surface area contributed by atoms with Crippen LogP contribution < -0.4 is 10.1 Å². The van der Waals surface area contributed by atoms with Gasteiger partial charge in [-0.25, -0.2) is 4.98 Å². The largest absolute Gasteiger partial charge is 0.486 e. The molecule has 3 aromatic rings. The summed E-state index contributed by atoms with van der Waals surface area (Å²) in [6, 6.07) is 15.5. The Morgan fingerprint density at radius 1 is 1.19 bits per heavy atom. The fourth-order valence-electron chi connectivity index (χ4n) is 2.26. The van der Waals surface area contributed by atoms with Crippen LogP contribution in [-0.4, -0.2) is 26.8 Å². The van der Waals surface area contributed by atoms with Crippen LogP contribution in [0.25, 0.3) is 0 Å². The Kier molecular flexibility index (Phi) is 5.91. The minimum atomic E-state index is -0.0874. The summed E-state index contributed by atoms with van der Waals surface area (Å²) < 4.78 is 5.61. The van der Waals surface area contributed by atoms with Gasteiger partial charge in [0.1, 0.15) is 12.4 Å². The molecule has 7 heteroatoms. The maximum atomic E-state index is 12.1. The van der Waals surface area contributed by atoms with Crippen LogP contribution >= 0.6 is 11.8 Å². The van der Waals surface area contributed by atoms with Crippen molar-refractivity contribution in [3.8, 4) is 5.75 Å². The number of amides is 1. The number of hydrogen-bond donors (Lipinski definition) is 2. The average Bonchev–Trinajstić information content (AvgIpc) is 3.10. The standard InChI is InChI=1S/C19H20N4O2S/c1-13-8-9-14(2)16(10-13)20-18(24)12-26-19-21-17(22-23-19)11-25-15-6-4-3-5-7-15/h3-10H,11-12H2,1-2H3,(H,20,24)(H,21,22,23). The third-order valence-electron chi connectivity index (χ3n) is 3.63. The van der Waals surface area contributed by atoms with Gasteiger partial charge in [0.15, 0.2) is 5.82 Å². The van der Waals surface area contributed by atoms with Crippen molar-refractivity contribution < 1.29 is 9.53 Å². The molecule has 0 unspecified atom stereocenters. The molecular weight excluding hydrogens is 348 g/mol. The Hall–Kier alpha value is -2.80. The number of nitrogens with one attached hydrogen (secondary N) is 2. The molecule has 2 aromatic carbocycles. The van der Waals surface area contributed by atoms with Crippen molar-refractivity contribution in [2.24, 2.45) is 0 Å². The van der Waals surface area contributed by atoms with Gasteiger partial charge < -0.3 is 10.1 Å². The van der Waals surface area contributed by atoms with E-state index in [-0.39, 0.29) is 11.7 Å². The zero-order valence-corrected chi connectivity index (χ0v) is 15.5. The van der Waals surface area contributed by atoms with Crippen molar-refractivity contribution in [3.05, 3.63) is 65.5 Å². The molecule has 0 saturated carbocycles. The van der Waals surface area contributed by atoms with Crippen molar-refractivity contribution in [1.82, 2.24) is 15.2 Å². The number of aryl methyl sites for hydroxylation is 2. The number of anilines is 1. The summed E-state index contributed by atoms with van der Waals surface area (Å²) in [4.78, 5) is 16.5. The number of aromatic nitrogens is 3. The molecule has 0 saturated heterocycles. The van der Waals surface area contributed by atoms with Gasteiger partial charge in [-0.3, -0.25) is 9.89 Å². The van der Waals surface area contributed by atoms with Gasteiger partial charge in [0.05, 0.1) is 5.75 Å². The number of aromatic amines is 1. The molecule has 26 heavy (non-hydrogen) atoms. The van der Waals surface area contributed by atoms with Gasteiger partial charge in [0.2, 0.25) is 11.1 Å². The molecule has 0 bridgehead atoms. The fourth-order valence-corrected chi connectivity index (χ4v) is 2.88. The first kappa shape index (κ1) is 18.0. The van der Waals surface area contributed by atoms with Gasteiger partial charge in [-0.1, -0.05) is 42.1 Å². The Balaban J connectivity index is 1.48. The van der Waals surface area contributed by atoms with Crippen LogP contribution in [0.3, 0.4) is 0 Å². The highest BCUT2D eigenvalue weighted by Crippen LogP contribution is 2.18. The van der Waals surface area contributed by atoms with E-state index < -0.39 is 0 Å². The molecule has 1 heterocycles. The molecule has 134 valence electrons. The molecular formula is C19H20N4O2S. The minimum Gasteiger partial charge on any atom is -0.486 e. The van der Waals surface area contributed by atoms with Crippen LogP contribution in [0.15, 0.2) is 53.7 Å². The van der Waals surface area contributed by atoms with E-state index in [4.69, 9.17) is 4.74 Å². The van der Waals surface area contributed by atoms with E-state index in [2.05, 4.69) is 20.5 Å². The minimum absolute atomic E-state index is 0.0874. The van der Waals surface area contributed by atoms with Gasteiger partial charge in [0.25, 0.3) is 0 Å². The lowest BCUT2D eigenvalue weighted by atomic mass is 10.1. The Morgan fingerprint density at radius 3 is 2.81 bits per heavy atom. The number of para-hydroxylation sites is 1. The SMILES string of the molecule is Cc1ccc(C)c(NC(=O)CSc2n[nH]c(COc3ccccc3)n2)c1. The van der Waals surface area contributed by atoms with E-state index in [1.54, 1.807) is 0 Å². The van der Waals surface area contributed by atoms with E-state index in [0.717, 1.165) is 22.6 Å². The molecule has 6 nitrogen and oxygen atoms in total. The monoisotopic (exact) mass is 368 g/mol. The van der Waals surface area contributed by atoms with Gasteiger partial charge in [0, 0.05) is 5.69 Å². The topological polar surface area (TPSA) is 79.9 Å². The first-order chi connectivity index (χ1) is 12.6. The Morgan fingerprint density at radius 2 is 2.00 bits per heavy atom. The van der Waals surface area contributed by atoms with Crippen LogP contribution in [-0.2, 0) is 11.4 Å². The van der Waals surface area contributed by atoms with Gasteiger partial charge in [-0.2, -0.15) is 0 Å².